The van der Waals surface area contributed by atoms with E-state index in [4.69, 9.17) is 14.2 Å². The van der Waals surface area contributed by atoms with Gasteiger partial charge in [-0.3, -0.25) is 14.3 Å². The van der Waals surface area contributed by atoms with Gasteiger partial charge in [-0.25, -0.2) is 4.79 Å². The zero-order valence-corrected chi connectivity index (χ0v) is 11.1. The summed E-state index contributed by atoms with van der Waals surface area (Å²) >= 11 is 0. The fraction of sp³-hybridized carbons (Fsp3) is 0.667. The van der Waals surface area contributed by atoms with E-state index in [-0.39, 0.29) is 12.7 Å². The lowest BCUT2D eigenvalue weighted by atomic mass is 10.0. The van der Waals surface area contributed by atoms with Crippen LogP contribution in [0.1, 0.15) is 20.1 Å². The van der Waals surface area contributed by atoms with Crippen molar-refractivity contribution in [2.45, 2.75) is 44.2 Å². The Labute approximate surface area is 113 Å². The summed E-state index contributed by atoms with van der Waals surface area (Å²) in [6, 6.07) is 1.19. The summed E-state index contributed by atoms with van der Waals surface area (Å²) in [5.74, 6) is -0.801. The summed E-state index contributed by atoms with van der Waals surface area (Å²) in [5, 5.41) is 10.3. The molecule has 0 aliphatic carbocycles. The summed E-state index contributed by atoms with van der Waals surface area (Å²) in [5.41, 5.74) is -1.14. The van der Waals surface area contributed by atoms with Crippen molar-refractivity contribution in [1.82, 2.24) is 9.55 Å². The van der Waals surface area contributed by atoms with Crippen LogP contribution in [0.25, 0.3) is 0 Å². The summed E-state index contributed by atoms with van der Waals surface area (Å²) in [4.78, 5) is 24.9. The first-order valence-electron chi connectivity index (χ1n) is 6.34. The average Bonchev–Trinajstić information content (AvgIpc) is 2.66. The van der Waals surface area contributed by atoms with Crippen molar-refractivity contribution in [1.29, 1.82) is 0 Å². The minimum atomic E-state index is -1.07. The monoisotopic (exact) mass is 284 g/mol. The quantitative estimate of drug-likeness (QED) is 0.682. The normalized spacial score (nSPS) is 35.8. The maximum absolute atomic E-state index is 11.7. The van der Waals surface area contributed by atoms with Crippen LogP contribution in [0.4, 0.5) is 0 Å². The second-order valence-corrected chi connectivity index (χ2v) is 5.37. The standard InChI is InChI=1S/C12H16N2O6/c1-12(2)19-6-5-18-10(8(16)9(6)20-12)14-4-3-7(15)13-11(14)17/h3-4,6,8-10,16H,5H2,1-2H3,(H,13,15,17)/t6-,8-,9-,10-/m1/s1. The summed E-state index contributed by atoms with van der Waals surface area (Å²) in [7, 11) is 0. The molecule has 2 fully saturated rings. The van der Waals surface area contributed by atoms with Crippen LogP contribution >= 0.6 is 0 Å². The molecule has 0 amide bonds. The van der Waals surface area contributed by atoms with Gasteiger partial charge in [0.2, 0.25) is 0 Å². The van der Waals surface area contributed by atoms with Gasteiger partial charge in [0.1, 0.15) is 18.3 Å². The van der Waals surface area contributed by atoms with Gasteiger partial charge in [-0.15, -0.1) is 0 Å². The van der Waals surface area contributed by atoms with E-state index in [1.165, 1.54) is 12.3 Å². The van der Waals surface area contributed by atoms with Gasteiger partial charge in [0.05, 0.1) is 6.61 Å². The van der Waals surface area contributed by atoms with Crippen LogP contribution in [-0.4, -0.2) is 45.4 Å². The molecule has 8 heteroatoms. The molecule has 1 aromatic heterocycles. The van der Waals surface area contributed by atoms with Crippen molar-refractivity contribution >= 4 is 0 Å². The van der Waals surface area contributed by atoms with Crippen LogP contribution < -0.4 is 11.2 Å². The first-order chi connectivity index (χ1) is 9.37. The molecule has 8 nitrogen and oxygen atoms in total. The number of hydrogen-bond acceptors (Lipinski definition) is 6. The van der Waals surface area contributed by atoms with Gasteiger partial charge in [-0.2, -0.15) is 0 Å². The van der Waals surface area contributed by atoms with Crippen molar-refractivity contribution < 1.29 is 19.3 Å². The van der Waals surface area contributed by atoms with Crippen LogP contribution in [0.15, 0.2) is 21.9 Å². The zero-order chi connectivity index (χ0) is 14.5. The number of H-pyrrole nitrogens is 1. The molecule has 0 spiro atoms. The fourth-order valence-corrected chi connectivity index (χ4v) is 2.61. The highest BCUT2D eigenvalue weighted by Crippen LogP contribution is 2.36. The van der Waals surface area contributed by atoms with Gasteiger partial charge in [0.25, 0.3) is 5.56 Å². The molecule has 2 saturated heterocycles. The lowest BCUT2D eigenvalue weighted by Gasteiger charge is -2.35. The Bertz CT molecular complexity index is 621. The predicted molar refractivity (Wildman–Crippen MR) is 66.1 cm³/mol. The number of aromatic nitrogens is 2. The number of hydrogen-bond donors (Lipinski definition) is 2. The fourth-order valence-electron chi connectivity index (χ4n) is 2.61. The molecule has 3 rings (SSSR count). The molecule has 1 aromatic rings. The van der Waals surface area contributed by atoms with Crippen LogP contribution in [0.5, 0.6) is 0 Å². The number of rotatable bonds is 1. The molecule has 0 saturated carbocycles. The van der Waals surface area contributed by atoms with E-state index in [0.717, 1.165) is 4.57 Å². The number of fused-ring (bicyclic) bond motifs is 1. The molecule has 3 heterocycles. The van der Waals surface area contributed by atoms with Crippen LogP contribution in [0, 0.1) is 0 Å². The molecule has 110 valence electrons. The number of nitrogens with one attached hydrogen (secondary N) is 1. The number of aliphatic hydroxyl groups excluding tert-OH is 1. The van der Waals surface area contributed by atoms with Gasteiger partial charge in [-0.05, 0) is 13.8 Å². The van der Waals surface area contributed by atoms with Gasteiger partial charge in [-0.1, -0.05) is 0 Å². The molecule has 2 aliphatic heterocycles. The molecule has 0 aromatic carbocycles. The molecule has 0 unspecified atom stereocenters. The van der Waals surface area contributed by atoms with Gasteiger partial charge in [0, 0.05) is 12.3 Å². The second kappa shape index (κ2) is 4.52. The van der Waals surface area contributed by atoms with Gasteiger partial charge in [0.15, 0.2) is 12.0 Å². The topological polar surface area (TPSA) is 103 Å². The van der Waals surface area contributed by atoms with Crippen molar-refractivity contribution in [3.05, 3.63) is 33.1 Å². The lowest BCUT2D eigenvalue weighted by Crippen LogP contribution is -2.51. The van der Waals surface area contributed by atoms with E-state index in [1.807, 2.05) is 0 Å². The summed E-state index contributed by atoms with van der Waals surface area (Å²) in [6.45, 7) is 3.69. The third-order valence-corrected chi connectivity index (χ3v) is 3.41. The molecule has 0 bridgehead atoms. The maximum atomic E-state index is 11.7. The van der Waals surface area contributed by atoms with E-state index in [0.29, 0.717) is 0 Å². The third kappa shape index (κ3) is 2.20. The number of nitrogens with zero attached hydrogens (tertiary/aromatic N) is 1. The Morgan fingerprint density at radius 2 is 2.15 bits per heavy atom. The highest BCUT2D eigenvalue weighted by molar-refractivity contribution is 4.95. The van der Waals surface area contributed by atoms with Crippen molar-refractivity contribution in [2.75, 3.05) is 6.61 Å². The molecule has 2 N–H and O–H groups in total. The molecular formula is C12H16N2O6. The molecule has 0 radical (unpaired) electrons. The van der Waals surface area contributed by atoms with Crippen molar-refractivity contribution in [3.63, 3.8) is 0 Å². The first kappa shape index (κ1) is 13.5. The minimum Gasteiger partial charge on any atom is -0.386 e. The zero-order valence-electron chi connectivity index (χ0n) is 11.1. The highest BCUT2D eigenvalue weighted by atomic mass is 16.8. The Morgan fingerprint density at radius 1 is 1.40 bits per heavy atom. The maximum Gasteiger partial charge on any atom is 0.330 e. The van der Waals surface area contributed by atoms with E-state index < -0.39 is 35.5 Å². The summed E-state index contributed by atoms with van der Waals surface area (Å²) < 4.78 is 17.9. The Morgan fingerprint density at radius 3 is 2.85 bits per heavy atom. The molecule has 20 heavy (non-hydrogen) atoms. The van der Waals surface area contributed by atoms with Crippen molar-refractivity contribution in [3.8, 4) is 0 Å². The minimum absolute atomic E-state index is 0.196. The number of aromatic amines is 1. The molecular weight excluding hydrogens is 268 g/mol. The van der Waals surface area contributed by atoms with Gasteiger partial charge < -0.3 is 19.3 Å². The van der Waals surface area contributed by atoms with E-state index in [2.05, 4.69) is 4.98 Å². The predicted octanol–water partition coefficient (Wildman–Crippen LogP) is -1.05. The van der Waals surface area contributed by atoms with Crippen molar-refractivity contribution in [2.24, 2.45) is 0 Å². The van der Waals surface area contributed by atoms with Gasteiger partial charge >= 0.3 is 5.69 Å². The van der Waals surface area contributed by atoms with Crippen LogP contribution in [0.2, 0.25) is 0 Å². The third-order valence-electron chi connectivity index (χ3n) is 3.41. The number of ether oxygens (including phenoxy) is 3. The first-order valence-corrected chi connectivity index (χ1v) is 6.34. The summed E-state index contributed by atoms with van der Waals surface area (Å²) in [6.07, 6.45) is -1.66. The smallest absolute Gasteiger partial charge is 0.330 e. The molecule has 2 aliphatic rings. The Balaban J connectivity index is 1.90. The van der Waals surface area contributed by atoms with E-state index in [1.54, 1.807) is 13.8 Å². The molecule has 4 atom stereocenters. The lowest BCUT2D eigenvalue weighted by molar-refractivity contribution is -0.183. The van der Waals surface area contributed by atoms with Crippen LogP contribution in [0.3, 0.4) is 0 Å². The van der Waals surface area contributed by atoms with E-state index >= 15 is 0 Å². The number of aliphatic hydroxyl groups is 1. The second-order valence-electron chi connectivity index (χ2n) is 5.37. The highest BCUT2D eigenvalue weighted by Gasteiger charge is 2.51. The van der Waals surface area contributed by atoms with Crippen LogP contribution in [-0.2, 0) is 14.2 Å². The van der Waals surface area contributed by atoms with E-state index in [9.17, 15) is 14.7 Å². The Hall–Kier alpha value is -1.48. The SMILES string of the molecule is CC1(C)O[C@H]2[C@@H](O)[C@H](n3ccc(=O)[nH]c3=O)OC[C@H]2O1. The largest absolute Gasteiger partial charge is 0.386 e. The average molecular weight is 284 g/mol. The Kier molecular flexibility index (Phi) is 3.05.